The molecule has 206 valence electrons. The molecule has 4 saturated carbocycles. The molecule has 0 bridgehead atoms. The molecule has 0 radical (unpaired) electrons. The van der Waals surface area contributed by atoms with Crippen LogP contribution in [0.1, 0.15) is 121 Å². The first-order valence-corrected chi connectivity index (χ1v) is 15.0. The van der Waals surface area contributed by atoms with Crippen LogP contribution in [0.4, 0.5) is 0 Å². The standard InChI is InChI=1S/C32H54O4/c1-19(2)23-13-11-21(5)15-25(23)35-27(33)31(17-29(31,7)8)32(18-30(32,9)10)28(34)36-26-16-22(6)12-14-24(26)20(3)4/h19-26H,11-18H2,1-10H3/t21?,22?,23?,24?,25?,26?,31-,32+. The zero-order valence-electron chi connectivity index (χ0n) is 24.9. The summed E-state index contributed by atoms with van der Waals surface area (Å²) in [4.78, 5) is 28.5. The number of ether oxygens (including phenoxy) is 2. The van der Waals surface area contributed by atoms with E-state index >= 15 is 0 Å². The summed E-state index contributed by atoms with van der Waals surface area (Å²) in [5.74, 6) is 2.64. The van der Waals surface area contributed by atoms with E-state index in [1.165, 1.54) is 12.8 Å². The normalized spacial score (nSPS) is 43.2. The van der Waals surface area contributed by atoms with Crippen molar-refractivity contribution < 1.29 is 19.1 Å². The Morgan fingerprint density at radius 3 is 1.19 bits per heavy atom. The Balaban J connectivity index is 1.61. The molecular formula is C32H54O4. The molecule has 4 fully saturated rings. The van der Waals surface area contributed by atoms with Crippen molar-refractivity contribution in [2.24, 2.45) is 57.2 Å². The number of carbonyl (C=O) groups is 2. The summed E-state index contributed by atoms with van der Waals surface area (Å²) in [5.41, 5.74) is -2.09. The molecule has 0 aromatic carbocycles. The van der Waals surface area contributed by atoms with Gasteiger partial charge in [-0.05, 0) is 84.9 Å². The van der Waals surface area contributed by atoms with Crippen LogP contribution in [0.2, 0.25) is 0 Å². The fourth-order valence-electron chi connectivity index (χ4n) is 8.72. The highest BCUT2D eigenvalue weighted by atomic mass is 16.6. The fraction of sp³-hybridized carbons (Fsp3) is 0.938. The Morgan fingerprint density at radius 2 is 0.944 bits per heavy atom. The van der Waals surface area contributed by atoms with E-state index in [1.807, 2.05) is 0 Å². The van der Waals surface area contributed by atoms with Crippen LogP contribution in [0.25, 0.3) is 0 Å². The second kappa shape index (κ2) is 9.30. The third-order valence-electron chi connectivity index (χ3n) is 11.3. The number of carbonyl (C=O) groups excluding carboxylic acids is 2. The van der Waals surface area contributed by atoms with Gasteiger partial charge in [0.05, 0.1) is 10.8 Å². The first-order valence-electron chi connectivity index (χ1n) is 15.0. The van der Waals surface area contributed by atoms with Gasteiger partial charge in [0.15, 0.2) is 0 Å². The molecule has 6 unspecified atom stereocenters. The van der Waals surface area contributed by atoms with Gasteiger partial charge in [-0.1, -0.05) is 82.1 Å². The third kappa shape index (κ3) is 4.35. The molecule has 0 amide bonds. The van der Waals surface area contributed by atoms with Crippen molar-refractivity contribution >= 4 is 11.9 Å². The minimum absolute atomic E-state index is 0.0472. The molecule has 4 rings (SSSR count). The van der Waals surface area contributed by atoms with Crippen LogP contribution in [-0.2, 0) is 19.1 Å². The smallest absolute Gasteiger partial charge is 0.314 e. The van der Waals surface area contributed by atoms with Gasteiger partial charge in [-0.3, -0.25) is 9.59 Å². The SMILES string of the molecule is CC1CCC(C(C)C)C(OC(=O)[C@@]2([C@@]3(C(=O)OC4CC(C)CCC4C(C)C)CC3(C)C)CC2(C)C)C1. The summed E-state index contributed by atoms with van der Waals surface area (Å²) in [6.07, 6.45) is 7.82. The lowest BCUT2D eigenvalue weighted by molar-refractivity contribution is -0.182. The van der Waals surface area contributed by atoms with Crippen molar-refractivity contribution in [3.05, 3.63) is 0 Å². The Labute approximate surface area is 221 Å². The predicted octanol–water partition coefficient (Wildman–Crippen LogP) is 7.83. The molecule has 36 heavy (non-hydrogen) atoms. The molecule has 8 atom stereocenters. The largest absolute Gasteiger partial charge is 0.462 e. The van der Waals surface area contributed by atoms with Gasteiger partial charge in [-0.15, -0.1) is 0 Å². The van der Waals surface area contributed by atoms with Gasteiger partial charge in [-0.2, -0.15) is 0 Å². The van der Waals surface area contributed by atoms with Crippen LogP contribution in [0.5, 0.6) is 0 Å². The summed E-state index contributed by atoms with van der Waals surface area (Å²) < 4.78 is 13.0. The van der Waals surface area contributed by atoms with E-state index in [9.17, 15) is 9.59 Å². The molecule has 4 heteroatoms. The summed E-state index contributed by atoms with van der Waals surface area (Å²) in [7, 11) is 0. The Kier molecular flexibility index (Phi) is 7.22. The lowest BCUT2D eigenvalue weighted by Gasteiger charge is -2.40. The Morgan fingerprint density at radius 1 is 0.639 bits per heavy atom. The Bertz CT molecular complexity index is 786. The summed E-state index contributed by atoms with van der Waals surface area (Å²) in [5, 5.41) is 0. The van der Waals surface area contributed by atoms with E-state index in [2.05, 4.69) is 69.2 Å². The molecule has 0 heterocycles. The van der Waals surface area contributed by atoms with Gasteiger partial charge in [0.2, 0.25) is 0 Å². The maximum Gasteiger partial charge on any atom is 0.314 e. The predicted molar refractivity (Wildman–Crippen MR) is 144 cm³/mol. The first kappa shape index (κ1) is 28.0. The molecule has 0 aromatic heterocycles. The number of hydrogen-bond donors (Lipinski definition) is 0. The van der Waals surface area contributed by atoms with E-state index in [0.29, 0.717) is 48.3 Å². The van der Waals surface area contributed by atoms with E-state index in [0.717, 1.165) is 25.7 Å². The van der Waals surface area contributed by atoms with E-state index in [-0.39, 0.29) is 35.0 Å². The second-order valence-electron chi connectivity index (χ2n) is 15.5. The van der Waals surface area contributed by atoms with Gasteiger partial charge in [0, 0.05) is 0 Å². The molecule has 0 spiro atoms. The number of rotatable bonds is 7. The quantitative estimate of drug-likeness (QED) is 0.333. The van der Waals surface area contributed by atoms with Crippen LogP contribution < -0.4 is 0 Å². The van der Waals surface area contributed by atoms with Gasteiger partial charge in [-0.25, -0.2) is 0 Å². The maximum atomic E-state index is 14.3. The lowest BCUT2D eigenvalue weighted by Crippen LogP contribution is -2.47. The highest BCUT2D eigenvalue weighted by Gasteiger charge is 2.89. The van der Waals surface area contributed by atoms with Gasteiger partial charge < -0.3 is 9.47 Å². The lowest BCUT2D eigenvalue weighted by atomic mass is 9.73. The number of esters is 2. The Hall–Kier alpha value is -1.06. The summed E-state index contributed by atoms with van der Waals surface area (Å²) in [6, 6.07) is 0. The molecular weight excluding hydrogens is 448 g/mol. The fourth-order valence-corrected chi connectivity index (χ4v) is 8.72. The van der Waals surface area contributed by atoms with Gasteiger partial charge >= 0.3 is 11.9 Å². The summed E-state index contributed by atoms with van der Waals surface area (Å²) >= 11 is 0. The molecule has 0 N–H and O–H groups in total. The van der Waals surface area contributed by atoms with Gasteiger partial charge in [0.25, 0.3) is 0 Å². The monoisotopic (exact) mass is 502 g/mol. The van der Waals surface area contributed by atoms with Crippen LogP contribution in [0, 0.1) is 57.2 Å². The van der Waals surface area contributed by atoms with Crippen molar-refractivity contribution in [3.63, 3.8) is 0 Å². The van der Waals surface area contributed by atoms with E-state index in [1.54, 1.807) is 0 Å². The van der Waals surface area contributed by atoms with Crippen LogP contribution in [-0.4, -0.2) is 24.1 Å². The molecule has 4 aliphatic carbocycles. The van der Waals surface area contributed by atoms with E-state index < -0.39 is 10.8 Å². The van der Waals surface area contributed by atoms with Crippen molar-refractivity contribution in [3.8, 4) is 0 Å². The summed E-state index contributed by atoms with van der Waals surface area (Å²) in [6.45, 7) is 22.1. The maximum absolute atomic E-state index is 14.3. The second-order valence-corrected chi connectivity index (χ2v) is 15.5. The minimum Gasteiger partial charge on any atom is -0.462 e. The van der Waals surface area contributed by atoms with Crippen LogP contribution in [0.15, 0.2) is 0 Å². The topological polar surface area (TPSA) is 52.6 Å². The molecule has 0 saturated heterocycles. The van der Waals surface area contributed by atoms with Gasteiger partial charge in [0.1, 0.15) is 12.2 Å². The average Bonchev–Trinajstić information content (AvgIpc) is 3.56. The molecule has 0 aliphatic heterocycles. The molecule has 4 nitrogen and oxygen atoms in total. The minimum atomic E-state index is -0.781. The highest BCUT2D eigenvalue weighted by molar-refractivity contribution is 5.95. The zero-order chi connectivity index (χ0) is 26.8. The highest BCUT2D eigenvalue weighted by Crippen LogP contribution is 2.85. The zero-order valence-corrected chi connectivity index (χ0v) is 24.9. The van der Waals surface area contributed by atoms with Crippen molar-refractivity contribution in [1.29, 1.82) is 0 Å². The first-order chi connectivity index (χ1) is 16.6. The van der Waals surface area contributed by atoms with E-state index in [4.69, 9.17) is 9.47 Å². The van der Waals surface area contributed by atoms with Crippen LogP contribution >= 0.6 is 0 Å². The van der Waals surface area contributed by atoms with Crippen LogP contribution in [0.3, 0.4) is 0 Å². The number of hydrogen-bond acceptors (Lipinski definition) is 4. The molecule has 0 aromatic rings. The average molecular weight is 503 g/mol. The molecule has 4 aliphatic rings. The van der Waals surface area contributed by atoms with Crippen molar-refractivity contribution in [2.75, 3.05) is 0 Å². The van der Waals surface area contributed by atoms with Crippen molar-refractivity contribution in [2.45, 2.75) is 133 Å². The van der Waals surface area contributed by atoms with Crippen molar-refractivity contribution in [1.82, 2.24) is 0 Å². The third-order valence-corrected chi connectivity index (χ3v) is 11.3.